The van der Waals surface area contributed by atoms with Crippen LogP contribution in [0.1, 0.15) is 28.1 Å². The molecule has 102 valence electrons. The fourth-order valence-electron chi connectivity index (χ4n) is 2.16. The largest absolute Gasteiger partial charge is 0.338 e. The van der Waals surface area contributed by atoms with Crippen LogP contribution in [0, 0.1) is 12.8 Å². The zero-order valence-electron chi connectivity index (χ0n) is 10.3. The molecule has 6 heteroatoms. The maximum Gasteiger partial charge on any atom is 0.265 e. The highest BCUT2D eigenvalue weighted by Crippen LogP contribution is 2.29. The van der Waals surface area contributed by atoms with E-state index in [2.05, 4.69) is 0 Å². The number of likely N-dealkylation sites (tertiary alicyclic amines) is 1. The van der Waals surface area contributed by atoms with Crippen LogP contribution in [0.4, 0.5) is 0 Å². The second-order valence-electron chi connectivity index (χ2n) is 4.56. The highest BCUT2D eigenvalue weighted by molar-refractivity contribution is 7.13. The summed E-state index contributed by atoms with van der Waals surface area (Å²) in [5.74, 6) is 0.499. The Hall–Kier alpha value is -0.290. The first-order chi connectivity index (χ1) is 8.13. The van der Waals surface area contributed by atoms with Crippen molar-refractivity contribution in [3.63, 3.8) is 0 Å². The summed E-state index contributed by atoms with van der Waals surface area (Å²) < 4.78 is 0. The summed E-state index contributed by atoms with van der Waals surface area (Å²) in [6.45, 7) is 4.17. The molecule has 2 heterocycles. The lowest BCUT2D eigenvalue weighted by atomic mass is 9.98. The molecule has 0 aliphatic carbocycles. The first-order valence-electron chi connectivity index (χ1n) is 5.86. The Kier molecular flexibility index (Phi) is 5.92. The van der Waals surface area contributed by atoms with Gasteiger partial charge in [-0.3, -0.25) is 4.79 Å². The number of aryl methyl sites for hydroxylation is 1. The van der Waals surface area contributed by atoms with Gasteiger partial charge in [-0.15, -0.1) is 23.7 Å². The molecule has 1 aliphatic heterocycles. The molecule has 1 amide bonds. The van der Waals surface area contributed by atoms with Crippen molar-refractivity contribution in [2.75, 3.05) is 19.6 Å². The molecule has 1 unspecified atom stereocenters. The Morgan fingerprint density at radius 1 is 1.67 bits per heavy atom. The molecule has 1 fully saturated rings. The van der Waals surface area contributed by atoms with Crippen LogP contribution in [0.5, 0.6) is 0 Å². The number of halogens is 2. The SMILES string of the molecule is Cc1csc(C(=O)N2CCCC(CN)C2)c1Cl.Cl. The summed E-state index contributed by atoms with van der Waals surface area (Å²) in [5.41, 5.74) is 6.66. The van der Waals surface area contributed by atoms with Crippen LogP contribution in [0.3, 0.4) is 0 Å². The van der Waals surface area contributed by atoms with Crippen LogP contribution in [-0.4, -0.2) is 30.4 Å². The molecule has 0 bridgehead atoms. The van der Waals surface area contributed by atoms with E-state index in [1.807, 2.05) is 17.2 Å². The second kappa shape index (κ2) is 6.75. The fraction of sp³-hybridized carbons (Fsp3) is 0.583. The van der Waals surface area contributed by atoms with E-state index in [0.717, 1.165) is 31.5 Å². The molecule has 18 heavy (non-hydrogen) atoms. The van der Waals surface area contributed by atoms with Gasteiger partial charge in [0.05, 0.1) is 5.02 Å². The number of thiophene rings is 1. The lowest BCUT2D eigenvalue weighted by Gasteiger charge is -2.31. The van der Waals surface area contributed by atoms with Gasteiger partial charge in [-0.2, -0.15) is 0 Å². The van der Waals surface area contributed by atoms with Gasteiger partial charge in [-0.1, -0.05) is 11.6 Å². The van der Waals surface area contributed by atoms with Crippen molar-refractivity contribution in [2.24, 2.45) is 11.7 Å². The van der Waals surface area contributed by atoms with Crippen molar-refractivity contribution in [1.29, 1.82) is 0 Å². The molecular formula is C12H18Cl2N2OS. The number of nitrogens with zero attached hydrogens (tertiary/aromatic N) is 1. The third kappa shape index (κ3) is 3.18. The predicted octanol–water partition coefficient (Wildman–Crippen LogP) is 2.94. The number of hydrogen-bond donors (Lipinski definition) is 1. The Labute approximate surface area is 123 Å². The molecule has 0 aromatic carbocycles. The molecular weight excluding hydrogens is 291 g/mol. The van der Waals surface area contributed by atoms with Crippen LogP contribution >= 0.6 is 35.3 Å². The van der Waals surface area contributed by atoms with E-state index < -0.39 is 0 Å². The monoisotopic (exact) mass is 308 g/mol. The lowest BCUT2D eigenvalue weighted by Crippen LogP contribution is -2.41. The van der Waals surface area contributed by atoms with Crippen LogP contribution < -0.4 is 5.73 Å². The van der Waals surface area contributed by atoms with Crippen molar-refractivity contribution in [3.8, 4) is 0 Å². The van der Waals surface area contributed by atoms with Gasteiger partial charge in [0.1, 0.15) is 4.88 Å². The summed E-state index contributed by atoms with van der Waals surface area (Å²) >= 11 is 7.56. The van der Waals surface area contributed by atoms with Gasteiger partial charge in [-0.05, 0) is 43.2 Å². The summed E-state index contributed by atoms with van der Waals surface area (Å²) in [6, 6.07) is 0. The molecule has 2 N–H and O–H groups in total. The highest BCUT2D eigenvalue weighted by Gasteiger charge is 2.26. The fourth-order valence-corrected chi connectivity index (χ4v) is 3.40. The van der Waals surface area contributed by atoms with Crippen molar-refractivity contribution >= 4 is 41.3 Å². The summed E-state index contributed by atoms with van der Waals surface area (Å²) in [4.78, 5) is 14.9. The van der Waals surface area contributed by atoms with Gasteiger partial charge in [0, 0.05) is 13.1 Å². The van der Waals surface area contributed by atoms with Crippen LogP contribution in [0.2, 0.25) is 5.02 Å². The first kappa shape index (κ1) is 15.8. The first-order valence-corrected chi connectivity index (χ1v) is 7.12. The molecule has 0 spiro atoms. The zero-order chi connectivity index (χ0) is 12.4. The van der Waals surface area contributed by atoms with Crippen LogP contribution in [0.15, 0.2) is 5.38 Å². The number of hydrogen-bond acceptors (Lipinski definition) is 3. The number of carbonyl (C=O) groups is 1. The zero-order valence-corrected chi connectivity index (χ0v) is 12.7. The molecule has 0 radical (unpaired) electrons. The smallest absolute Gasteiger partial charge is 0.265 e. The van der Waals surface area contributed by atoms with E-state index in [4.69, 9.17) is 17.3 Å². The van der Waals surface area contributed by atoms with Gasteiger partial charge < -0.3 is 10.6 Å². The highest BCUT2D eigenvalue weighted by atomic mass is 35.5. The number of nitrogens with two attached hydrogens (primary N) is 1. The Morgan fingerprint density at radius 2 is 2.39 bits per heavy atom. The predicted molar refractivity (Wildman–Crippen MR) is 79.0 cm³/mol. The van der Waals surface area contributed by atoms with Crippen molar-refractivity contribution in [1.82, 2.24) is 4.90 Å². The Morgan fingerprint density at radius 3 is 2.94 bits per heavy atom. The standard InChI is InChI=1S/C12H17ClN2OS.ClH/c1-8-7-17-11(10(8)13)12(16)15-4-2-3-9(5-14)6-15;/h7,9H,2-6,14H2,1H3;1H. The van der Waals surface area contributed by atoms with E-state index in [1.165, 1.54) is 11.3 Å². The van der Waals surface area contributed by atoms with Crippen molar-refractivity contribution in [3.05, 3.63) is 20.8 Å². The Balaban J connectivity index is 0.00000162. The minimum Gasteiger partial charge on any atom is -0.338 e. The van der Waals surface area contributed by atoms with Gasteiger partial charge in [-0.25, -0.2) is 0 Å². The topological polar surface area (TPSA) is 46.3 Å². The number of piperidine rings is 1. The number of carbonyl (C=O) groups excluding carboxylic acids is 1. The molecule has 1 aromatic rings. The minimum absolute atomic E-state index is 0. The summed E-state index contributed by atoms with van der Waals surface area (Å²) in [6.07, 6.45) is 2.16. The van der Waals surface area contributed by atoms with E-state index in [0.29, 0.717) is 22.4 Å². The molecule has 1 atom stereocenters. The lowest BCUT2D eigenvalue weighted by molar-refractivity contribution is 0.0683. The van der Waals surface area contributed by atoms with Gasteiger partial charge in [0.15, 0.2) is 0 Å². The molecule has 1 aromatic heterocycles. The maximum atomic E-state index is 12.3. The van der Waals surface area contributed by atoms with E-state index >= 15 is 0 Å². The summed E-state index contributed by atoms with van der Waals surface area (Å²) in [7, 11) is 0. The third-order valence-corrected chi connectivity index (χ3v) is 4.92. The molecule has 0 saturated carbocycles. The molecule has 3 nitrogen and oxygen atoms in total. The average Bonchev–Trinajstić information content (AvgIpc) is 2.69. The number of amides is 1. The number of rotatable bonds is 2. The van der Waals surface area contributed by atoms with Crippen LogP contribution in [0.25, 0.3) is 0 Å². The van der Waals surface area contributed by atoms with E-state index in [1.54, 1.807) is 0 Å². The van der Waals surface area contributed by atoms with Gasteiger partial charge in [0.2, 0.25) is 0 Å². The third-order valence-electron chi connectivity index (χ3n) is 3.23. The summed E-state index contributed by atoms with van der Waals surface area (Å²) in [5, 5.41) is 2.54. The second-order valence-corrected chi connectivity index (χ2v) is 5.81. The molecule has 1 aliphatic rings. The minimum atomic E-state index is 0. The van der Waals surface area contributed by atoms with E-state index in [-0.39, 0.29) is 18.3 Å². The quantitative estimate of drug-likeness (QED) is 0.913. The van der Waals surface area contributed by atoms with Gasteiger partial charge >= 0.3 is 0 Å². The molecule has 2 rings (SSSR count). The Bertz CT molecular complexity index is 422. The van der Waals surface area contributed by atoms with Crippen LogP contribution in [-0.2, 0) is 0 Å². The molecule has 1 saturated heterocycles. The normalized spacial score (nSPS) is 19.5. The van der Waals surface area contributed by atoms with Gasteiger partial charge in [0.25, 0.3) is 5.91 Å². The maximum absolute atomic E-state index is 12.3. The average molecular weight is 309 g/mol. The van der Waals surface area contributed by atoms with Crippen molar-refractivity contribution < 1.29 is 4.79 Å². The van der Waals surface area contributed by atoms with Crippen molar-refractivity contribution in [2.45, 2.75) is 19.8 Å². The van der Waals surface area contributed by atoms with E-state index in [9.17, 15) is 4.79 Å².